The van der Waals surface area contributed by atoms with Crippen LogP contribution in [0.15, 0.2) is 35.4 Å². The van der Waals surface area contributed by atoms with E-state index in [1.807, 2.05) is 30.3 Å². The number of carbonyl (C=O) groups is 2. The number of alkyl halides is 1. The molecule has 0 aliphatic carbocycles. The van der Waals surface area contributed by atoms with Crippen molar-refractivity contribution in [2.75, 3.05) is 19.0 Å². The van der Waals surface area contributed by atoms with Crippen LogP contribution in [0.1, 0.15) is 12.0 Å². The number of urea groups is 1. The quantitative estimate of drug-likeness (QED) is 0.470. The smallest absolute Gasteiger partial charge is 0.272 e. The lowest BCUT2D eigenvalue weighted by atomic mass is 10.2. The second kappa shape index (κ2) is 6.33. The molecule has 19 heavy (non-hydrogen) atoms. The fraction of sp³-hybridized carbons (Fsp3) is 0.308. The van der Waals surface area contributed by atoms with Crippen molar-refractivity contribution in [1.29, 1.82) is 0 Å². The lowest BCUT2D eigenvalue weighted by Gasteiger charge is -2.12. The Balaban J connectivity index is 2.01. The molecule has 0 spiro atoms. The molecule has 1 aromatic carbocycles. The summed E-state index contributed by atoms with van der Waals surface area (Å²) in [5, 5.41) is 5.22. The Morgan fingerprint density at radius 1 is 1.26 bits per heavy atom. The Labute approximate surface area is 116 Å². The Bertz CT molecular complexity index is 490. The van der Waals surface area contributed by atoms with Gasteiger partial charge in [0.2, 0.25) is 0 Å². The second-order valence-corrected chi connectivity index (χ2v) is 4.46. The van der Waals surface area contributed by atoms with Gasteiger partial charge in [0.05, 0.1) is 6.21 Å². The average molecular weight is 280 g/mol. The largest absolute Gasteiger partial charge is 0.347 e. The molecule has 1 heterocycles. The van der Waals surface area contributed by atoms with Crippen LogP contribution in [0.2, 0.25) is 0 Å². The maximum atomic E-state index is 11.9. The molecule has 0 bridgehead atoms. The van der Waals surface area contributed by atoms with Crippen LogP contribution in [0.4, 0.5) is 4.79 Å². The summed E-state index contributed by atoms with van der Waals surface area (Å²) in [5.41, 5.74) is 0.877. The highest BCUT2D eigenvalue weighted by Crippen LogP contribution is 2.11. The van der Waals surface area contributed by atoms with E-state index in [1.54, 1.807) is 6.21 Å². The fourth-order valence-electron chi connectivity index (χ4n) is 1.73. The summed E-state index contributed by atoms with van der Waals surface area (Å²) >= 11 is 5.56. The number of benzene rings is 1. The summed E-state index contributed by atoms with van der Waals surface area (Å²) in [7, 11) is 0. The number of nitrogens with zero attached hydrogens (tertiary/aromatic N) is 3. The Morgan fingerprint density at radius 3 is 2.68 bits per heavy atom. The van der Waals surface area contributed by atoms with Crippen LogP contribution in [-0.4, -0.2) is 47.0 Å². The van der Waals surface area contributed by atoms with Gasteiger partial charge in [0.1, 0.15) is 6.54 Å². The van der Waals surface area contributed by atoms with E-state index in [2.05, 4.69) is 5.10 Å². The van der Waals surface area contributed by atoms with Gasteiger partial charge in [-0.3, -0.25) is 9.69 Å². The molecule has 1 aliphatic heterocycles. The number of hydrogen-bond donors (Lipinski definition) is 0. The zero-order valence-electron chi connectivity index (χ0n) is 10.3. The van der Waals surface area contributed by atoms with Crippen molar-refractivity contribution in [2.24, 2.45) is 5.10 Å². The first-order valence-electron chi connectivity index (χ1n) is 5.99. The minimum Gasteiger partial charge on any atom is -0.272 e. The molecule has 0 N–H and O–H groups in total. The number of rotatable bonds is 5. The summed E-state index contributed by atoms with van der Waals surface area (Å²) in [6.07, 6.45) is 2.16. The van der Waals surface area contributed by atoms with Gasteiger partial charge in [-0.15, -0.1) is 11.6 Å². The molecule has 0 aromatic heterocycles. The topological polar surface area (TPSA) is 53.0 Å². The van der Waals surface area contributed by atoms with Crippen LogP contribution >= 0.6 is 11.6 Å². The molecule has 6 heteroatoms. The maximum absolute atomic E-state index is 11.9. The number of amides is 3. The molecule has 1 aromatic rings. The monoisotopic (exact) mass is 279 g/mol. The van der Waals surface area contributed by atoms with Crippen molar-refractivity contribution >= 4 is 29.8 Å². The highest BCUT2D eigenvalue weighted by atomic mass is 35.5. The van der Waals surface area contributed by atoms with E-state index >= 15 is 0 Å². The van der Waals surface area contributed by atoms with E-state index in [4.69, 9.17) is 11.6 Å². The fourth-order valence-corrected chi connectivity index (χ4v) is 1.85. The van der Waals surface area contributed by atoms with E-state index in [0.29, 0.717) is 18.8 Å². The van der Waals surface area contributed by atoms with Crippen LogP contribution in [0.5, 0.6) is 0 Å². The first-order valence-corrected chi connectivity index (χ1v) is 6.52. The van der Waals surface area contributed by atoms with Gasteiger partial charge in [0, 0.05) is 12.4 Å². The molecule has 0 unspecified atom stereocenters. The number of hydrazone groups is 1. The predicted octanol–water partition coefficient (Wildman–Crippen LogP) is 1.91. The Morgan fingerprint density at radius 2 is 2.00 bits per heavy atom. The van der Waals surface area contributed by atoms with Crippen molar-refractivity contribution in [3.63, 3.8) is 0 Å². The lowest BCUT2D eigenvalue weighted by molar-refractivity contribution is -0.125. The van der Waals surface area contributed by atoms with Gasteiger partial charge in [-0.25, -0.2) is 9.80 Å². The van der Waals surface area contributed by atoms with Gasteiger partial charge in [0.15, 0.2) is 0 Å². The van der Waals surface area contributed by atoms with Crippen LogP contribution < -0.4 is 0 Å². The minimum atomic E-state index is -0.387. The van der Waals surface area contributed by atoms with Crippen LogP contribution in [0.3, 0.4) is 0 Å². The minimum absolute atomic E-state index is 0.00947. The summed E-state index contributed by atoms with van der Waals surface area (Å²) in [5.74, 6) is 0.185. The number of halogens is 1. The van der Waals surface area contributed by atoms with Gasteiger partial charge in [-0.2, -0.15) is 5.10 Å². The molecular weight excluding hydrogens is 266 g/mol. The first-order chi connectivity index (χ1) is 9.22. The highest BCUT2D eigenvalue weighted by molar-refractivity contribution is 6.17. The van der Waals surface area contributed by atoms with Gasteiger partial charge in [-0.05, 0) is 12.0 Å². The second-order valence-electron chi connectivity index (χ2n) is 4.08. The molecule has 1 aliphatic rings. The van der Waals surface area contributed by atoms with E-state index in [0.717, 1.165) is 5.56 Å². The van der Waals surface area contributed by atoms with Crippen molar-refractivity contribution in [3.05, 3.63) is 35.9 Å². The molecule has 100 valence electrons. The number of hydrogen-bond acceptors (Lipinski definition) is 3. The highest BCUT2D eigenvalue weighted by Gasteiger charge is 2.35. The molecule has 1 fully saturated rings. The molecule has 2 rings (SSSR count). The van der Waals surface area contributed by atoms with Gasteiger partial charge >= 0.3 is 6.03 Å². The van der Waals surface area contributed by atoms with Crippen molar-refractivity contribution in [2.45, 2.75) is 6.42 Å². The maximum Gasteiger partial charge on any atom is 0.347 e. The third-order valence-corrected chi connectivity index (χ3v) is 2.97. The Hall–Kier alpha value is -1.88. The number of carbonyl (C=O) groups excluding carboxylic acids is 2. The predicted molar refractivity (Wildman–Crippen MR) is 73.2 cm³/mol. The molecule has 0 saturated carbocycles. The molecule has 1 saturated heterocycles. The van der Waals surface area contributed by atoms with E-state index < -0.39 is 0 Å². The molecule has 3 amide bonds. The van der Waals surface area contributed by atoms with Crippen LogP contribution in [0, 0.1) is 0 Å². The molecule has 5 nitrogen and oxygen atoms in total. The van der Waals surface area contributed by atoms with E-state index in [9.17, 15) is 9.59 Å². The zero-order valence-corrected chi connectivity index (χ0v) is 11.1. The standard InChI is InChI=1S/C13H14ClN3O2/c14-7-4-8-16-12(18)10-17(13(16)19)15-9-11-5-2-1-3-6-11/h1-3,5-6,9H,4,7-8,10H2. The summed E-state index contributed by atoms with van der Waals surface area (Å²) in [6, 6.07) is 9.02. The Kier molecular flexibility index (Phi) is 4.52. The summed E-state index contributed by atoms with van der Waals surface area (Å²) in [6.45, 7) is 0.336. The van der Waals surface area contributed by atoms with Gasteiger partial charge in [-0.1, -0.05) is 30.3 Å². The van der Waals surface area contributed by atoms with Crippen LogP contribution in [0.25, 0.3) is 0 Å². The summed E-state index contributed by atoms with van der Waals surface area (Å²) in [4.78, 5) is 24.8. The summed E-state index contributed by atoms with van der Waals surface area (Å²) < 4.78 is 0. The third-order valence-electron chi connectivity index (χ3n) is 2.70. The average Bonchev–Trinajstić information content (AvgIpc) is 2.70. The van der Waals surface area contributed by atoms with Crippen molar-refractivity contribution < 1.29 is 9.59 Å². The normalized spacial score (nSPS) is 15.8. The number of imide groups is 1. The first kappa shape index (κ1) is 13.5. The van der Waals surface area contributed by atoms with Gasteiger partial charge in [0.25, 0.3) is 5.91 Å². The van der Waals surface area contributed by atoms with Gasteiger partial charge < -0.3 is 0 Å². The molecule has 0 atom stereocenters. The van der Waals surface area contributed by atoms with Crippen LogP contribution in [-0.2, 0) is 4.79 Å². The van der Waals surface area contributed by atoms with E-state index in [1.165, 1.54) is 9.91 Å². The molecular formula is C13H14ClN3O2. The third kappa shape index (κ3) is 3.32. The van der Waals surface area contributed by atoms with Crippen molar-refractivity contribution in [3.8, 4) is 0 Å². The van der Waals surface area contributed by atoms with Crippen molar-refractivity contribution in [1.82, 2.24) is 9.91 Å². The molecule has 0 radical (unpaired) electrons. The SMILES string of the molecule is O=C1CN(N=Cc2ccccc2)C(=O)N1CCCCl. The zero-order chi connectivity index (χ0) is 13.7. The van der Waals surface area contributed by atoms with E-state index in [-0.39, 0.29) is 18.5 Å². The lowest BCUT2D eigenvalue weighted by Crippen LogP contribution is -2.32.